The van der Waals surface area contributed by atoms with Gasteiger partial charge in [-0.15, -0.1) is 0 Å². The quantitative estimate of drug-likeness (QED) is 0.798. The minimum atomic E-state index is 0.698. The molecule has 0 spiro atoms. The zero-order chi connectivity index (χ0) is 12.8. The zero-order valence-corrected chi connectivity index (χ0v) is 10.7. The van der Waals surface area contributed by atoms with E-state index in [0.717, 1.165) is 31.0 Å². The fourth-order valence-electron chi connectivity index (χ4n) is 2.01. The van der Waals surface area contributed by atoms with E-state index in [-0.39, 0.29) is 0 Å². The maximum absolute atomic E-state index is 5.60. The lowest BCUT2D eigenvalue weighted by Crippen LogP contribution is -2.31. The van der Waals surface area contributed by atoms with E-state index in [1.54, 1.807) is 7.11 Å². The lowest BCUT2D eigenvalue weighted by Gasteiger charge is -2.25. The Morgan fingerprint density at radius 2 is 2.28 bits per heavy atom. The number of hydrogen-bond donors (Lipinski definition) is 1. The molecule has 2 aromatic heterocycles. The van der Waals surface area contributed by atoms with Crippen LogP contribution >= 0.6 is 0 Å². The first-order valence-corrected chi connectivity index (χ1v) is 6.23. The van der Waals surface area contributed by atoms with Crippen LogP contribution in [0.5, 0.6) is 0 Å². The summed E-state index contributed by atoms with van der Waals surface area (Å²) in [6.07, 6.45) is 4.76. The van der Waals surface area contributed by atoms with Gasteiger partial charge in [0, 0.05) is 32.6 Å². The number of anilines is 1. The van der Waals surface area contributed by atoms with Crippen molar-refractivity contribution in [3.05, 3.63) is 30.6 Å². The van der Waals surface area contributed by atoms with Gasteiger partial charge in [0.15, 0.2) is 0 Å². The molecule has 2 heterocycles. The Labute approximate surface area is 107 Å². The van der Waals surface area contributed by atoms with E-state index in [1.807, 2.05) is 24.5 Å². The second-order valence-corrected chi connectivity index (χ2v) is 4.16. The molecule has 18 heavy (non-hydrogen) atoms. The molecule has 0 radical (unpaired) electrons. The van der Waals surface area contributed by atoms with Crippen LogP contribution in [0.15, 0.2) is 30.6 Å². The molecule has 0 saturated heterocycles. The molecule has 2 rings (SSSR count). The molecule has 0 aromatic carbocycles. The fourth-order valence-corrected chi connectivity index (χ4v) is 2.01. The standard InChI is InChI=1S/C13H20N4O/c1-18-11-10-16(8-3-6-14)13-5-2-4-12-15-7-9-17(12)13/h2,4-5,7,9H,3,6,8,10-11,14H2,1H3. The van der Waals surface area contributed by atoms with E-state index in [9.17, 15) is 0 Å². The topological polar surface area (TPSA) is 55.8 Å². The first kappa shape index (κ1) is 12.9. The number of aromatic nitrogens is 2. The highest BCUT2D eigenvalue weighted by Crippen LogP contribution is 2.16. The van der Waals surface area contributed by atoms with Gasteiger partial charge in [-0.1, -0.05) is 6.07 Å². The zero-order valence-electron chi connectivity index (χ0n) is 10.7. The van der Waals surface area contributed by atoms with Crippen molar-refractivity contribution in [3.63, 3.8) is 0 Å². The molecule has 0 amide bonds. The van der Waals surface area contributed by atoms with Gasteiger partial charge in [-0.05, 0) is 25.1 Å². The SMILES string of the molecule is COCCN(CCCN)c1cccc2nccn12. The second kappa shape index (κ2) is 6.37. The first-order chi connectivity index (χ1) is 8.86. The summed E-state index contributed by atoms with van der Waals surface area (Å²) in [5.74, 6) is 1.13. The predicted molar refractivity (Wildman–Crippen MR) is 73.0 cm³/mol. The number of nitrogens with zero attached hydrogens (tertiary/aromatic N) is 3. The largest absolute Gasteiger partial charge is 0.383 e. The second-order valence-electron chi connectivity index (χ2n) is 4.16. The Morgan fingerprint density at radius 1 is 1.39 bits per heavy atom. The summed E-state index contributed by atoms with van der Waals surface area (Å²) in [6, 6.07) is 6.13. The molecule has 0 aliphatic rings. The average molecular weight is 248 g/mol. The molecule has 98 valence electrons. The highest BCUT2D eigenvalue weighted by Gasteiger charge is 2.09. The van der Waals surface area contributed by atoms with E-state index in [2.05, 4.69) is 20.4 Å². The van der Waals surface area contributed by atoms with Gasteiger partial charge in [0.25, 0.3) is 0 Å². The van der Waals surface area contributed by atoms with Gasteiger partial charge in [-0.2, -0.15) is 0 Å². The molecule has 5 heteroatoms. The predicted octanol–water partition coefficient (Wildman–Crippen LogP) is 1.14. The number of ether oxygens (including phenoxy) is 1. The molecule has 0 aliphatic heterocycles. The van der Waals surface area contributed by atoms with Crippen molar-refractivity contribution in [1.29, 1.82) is 0 Å². The lowest BCUT2D eigenvalue weighted by atomic mass is 10.3. The van der Waals surface area contributed by atoms with Crippen LogP contribution in [0.1, 0.15) is 6.42 Å². The lowest BCUT2D eigenvalue weighted by molar-refractivity contribution is 0.205. The van der Waals surface area contributed by atoms with Crippen LogP contribution in [-0.2, 0) is 4.74 Å². The van der Waals surface area contributed by atoms with Gasteiger partial charge in [0.2, 0.25) is 0 Å². The minimum Gasteiger partial charge on any atom is -0.383 e. The molecule has 0 fully saturated rings. The highest BCUT2D eigenvalue weighted by molar-refractivity contribution is 5.51. The normalized spacial score (nSPS) is 11.0. The summed E-state index contributed by atoms with van der Waals surface area (Å²) < 4.78 is 7.26. The molecule has 2 N–H and O–H groups in total. The Morgan fingerprint density at radius 3 is 3.06 bits per heavy atom. The number of methoxy groups -OCH3 is 1. The highest BCUT2D eigenvalue weighted by atomic mass is 16.5. The third kappa shape index (κ3) is 2.80. The van der Waals surface area contributed by atoms with E-state index in [4.69, 9.17) is 10.5 Å². The van der Waals surface area contributed by atoms with Crippen molar-refractivity contribution >= 4 is 11.5 Å². The van der Waals surface area contributed by atoms with Gasteiger partial charge in [0.1, 0.15) is 11.5 Å². The number of fused-ring (bicyclic) bond motifs is 1. The van der Waals surface area contributed by atoms with Crippen molar-refractivity contribution in [3.8, 4) is 0 Å². The summed E-state index contributed by atoms with van der Waals surface area (Å²) >= 11 is 0. The number of nitrogens with two attached hydrogens (primary N) is 1. The fraction of sp³-hybridized carbons (Fsp3) is 0.462. The van der Waals surface area contributed by atoms with Crippen molar-refractivity contribution in [2.24, 2.45) is 5.73 Å². The Kier molecular flexibility index (Phi) is 4.55. The van der Waals surface area contributed by atoms with E-state index < -0.39 is 0 Å². The number of rotatable bonds is 7. The van der Waals surface area contributed by atoms with Crippen LogP contribution in [0, 0.1) is 0 Å². The Bertz CT molecular complexity index is 475. The Balaban J connectivity index is 2.24. The van der Waals surface area contributed by atoms with Gasteiger partial charge in [0.05, 0.1) is 6.61 Å². The van der Waals surface area contributed by atoms with Crippen molar-refractivity contribution < 1.29 is 4.74 Å². The van der Waals surface area contributed by atoms with Crippen molar-refractivity contribution in [1.82, 2.24) is 9.38 Å². The molecule has 0 aliphatic carbocycles. The van der Waals surface area contributed by atoms with Gasteiger partial charge < -0.3 is 15.4 Å². The molecule has 0 saturated carbocycles. The third-order valence-electron chi connectivity index (χ3n) is 2.93. The van der Waals surface area contributed by atoms with Gasteiger partial charge in [-0.25, -0.2) is 4.98 Å². The maximum atomic E-state index is 5.60. The van der Waals surface area contributed by atoms with Crippen LogP contribution in [0.3, 0.4) is 0 Å². The van der Waals surface area contributed by atoms with E-state index in [1.165, 1.54) is 0 Å². The van der Waals surface area contributed by atoms with Crippen molar-refractivity contribution in [2.75, 3.05) is 38.3 Å². The molecule has 2 aromatic rings. The van der Waals surface area contributed by atoms with E-state index >= 15 is 0 Å². The molecule has 0 atom stereocenters. The van der Waals surface area contributed by atoms with Crippen LogP contribution in [0.2, 0.25) is 0 Å². The maximum Gasteiger partial charge on any atom is 0.138 e. The molecule has 0 bridgehead atoms. The van der Waals surface area contributed by atoms with Gasteiger partial charge in [-0.3, -0.25) is 4.40 Å². The summed E-state index contributed by atoms with van der Waals surface area (Å²) in [6.45, 7) is 3.18. The summed E-state index contributed by atoms with van der Waals surface area (Å²) in [7, 11) is 1.72. The summed E-state index contributed by atoms with van der Waals surface area (Å²) in [5.41, 5.74) is 6.56. The molecular formula is C13H20N4O. The molecular weight excluding hydrogens is 228 g/mol. The summed E-state index contributed by atoms with van der Waals surface area (Å²) in [5, 5.41) is 0. The van der Waals surface area contributed by atoms with Crippen LogP contribution in [0.25, 0.3) is 5.65 Å². The van der Waals surface area contributed by atoms with Gasteiger partial charge >= 0.3 is 0 Å². The average Bonchev–Trinajstić information content (AvgIpc) is 2.87. The number of imidazole rings is 1. The van der Waals surface area contributed by atoms with Crippen LogP contribution < -0.4 is 10.6 Å². The van der Waals surface area contributed by atoms with Crippen LogP contribution in [-0.4, -0.2) is 42.7 Å². The smallest absolute Gasteiger partial charge is 0.138 e. The first-order valence-electron chi connectivity index (χ1n) is 6.23. The molecule has 0 unspecified atom stereocenters. The molecule has 5 nitrogen and oxygen atoms in total. The minimum absolute atomic E-state index is 0.698. The van der Waals surface area contributed by atoms with Crippen LogP contribution in [0.4, 0.5) is 5.82 Å². The third-order valence-corrected chi connectivity index (χ3v) is 2.93. The monoisotopic (exact) mass is 248 g/mol. The number of pyridine rings is 1. The van der Waals surface area contributed by atoms with E-state index in [0.29, 0.717) is 13.2 Å². The summed E-state index contributed by atoms with van der Waals surface area (Å²) in [4.78, 5) is 6.59. The van der Waals surface area contributed by atoms with Crippen molar-refractivity contribution in [2.45, 2.75) is 6.42 Å². The number of hydrogen-bond acceptors (Lipinski definition) is 4. The Hall–Kier alpha value is -1.59.